The third-order valence-corrected chi connectivity index (χ3v) is 3.81. The van der Waals surface area contributed by atoms with Gasteiger partial charge in [-0.1, -0.05) is 12.1 Å². The summed E-state index contributed by atoms with van der Waals surface area (Å²) in [6.45, 7) is 4.03. The standard InChI is InChI=1S/C14H14BrFN2/c1-9-4-3-5-13(14(9)15)18-10(2)12-7-6-11(16)8-17-12/h3-8,10,18H,1-2H3. The number of anilines is 1. The molecule has 94 valence electrons. The SMILES string of the molecule is Cc1cccc(NC(C)c2ccc(F)cn2)c1Br. The Morgan fingerprint density at radius 2 is 2.06 bits per heavy atom. The van der Waals surface area contributed by atoms with Crippen LogP contribution in [-0.4, -0.2) is 4.98 Å². The maximum Gasteiger partial charge on any atom is 0.141 e. The molecule has 1 aromatic heterocycles. The van der Waals surface area contributed by atoms with E-state index in [0.29, 0.717) is 0 Å². The summed E-state index contributed by atoms with van der Waals surface area (Å²) < 4.78 is 13.8. The molecule has 0 spiro atoms. The molecule has 4 heteroatoms. The predicted molar refractivity (Wildman–Crippen MR) is 75.1 cm³/mol. The number of pyridine rings is 1. The van der Waals surface area contributed by atoms with Gasteiger partial charge in [0.1, 0.15) is 5.82 Å². The van der Waals surface area contributed by atoms with E-state index in [9.17, 15) is 4.39 Å². The monoisotopic (exact) mass is 308 g/mol. The van der Waals surface area contributed by atoms with E-state index < -0.39 is 0 Å². The molecule has 1 aromatic carbocycles. The molecule has 1 N–H and O–H groups in total. The molecule has 0 saturated heterocycles. The molecule has 2 rings (SSSR count). The Bertz CT molecular complexity index is 540. The number of nitrogens with one attached hydrogen (secondary N) is 1. The van der Waals surface area contributed by atoms with Crippen LogP contribution >= 0.6 is 15.9 Å². The number of nitrogens with zero attached hydrogens (tertiary/aromatic N) is 1. The lowest BCUT2D eigenvalue weighted by Gasteiger charge is -2.16. The molecule has 0 radical (unpaired) electrons. The molecular weight excluding hydrogens is 295 g/mol. The van der Waals surface area contributed by atoms with Gasteiger partial charge in [0.15, 0.2) is 0 Å². The van der Waals surface area contributed by atoms with Crippen LogP contribution in [0, 0.1) is 12.7 Å². The second-order valence-electron chi connectivity index (χ2n) is 4.20. The molecule has 2 aromatic rings. The van der Waals surface area contributed by atoms with Gasteiger partial charge in [0.2, 0.25) is 0 Å². The van der Waals surface area contributed by atoms with Crippen molar-refractivity contribution in [1.29, 1.82) is 0 Å². The van der Waals surface area contributed by atoms with Crippen LogP contribution in [0.4, 0.5) is 10.1 Å². The molecular formula is C14H14BrFN2. The van der Waals surface area contributed by atoms with Crippen molar-refractivity contribution in [1.82, 2.24) is 4.98 Å². The maximum atomic E-state index is 12.8. The first-order chi connectivity index (χ1) is 8.58. The number of benzene rings is 1. The average molecular weight is 309 g/mol. The first kappa shape index (κ1) is 13.0. The lowest BCUT2D eigenvalue weighted by atomic mass is 10.1. The number of aryl methyl sites for hydroxylation is 1. The van der Waals surface area contributed by atoms with Crippen molar-refractivity contribution in [2.24, 2.45) is 0 Å². The minimum Gasteiger partial charge on any atom is -0.376 e. The smallest absolute Gasteiger partial charge is 0.141 e. The topological polar surface area (TPSA) is 24.9 Å². The normalized spacial score (nSPS) is 12.2. The Balaban J connectivity index is 2.18. The number of halogens is 2. The van der Waals surface area contributed by atoms with Gasteiger partial charge in [-0.15, -0.1) is 0 Å². The van der Waals surface area contributed by atoms with E-state index in [0.717, 1.165) is 15.9 Å². The Morgan fingerprint density at radius 1 is 1.28 bits per heavy atom. The Morgan fingerprint density at radius 3 is 2.72 bits per heavy atom. The Kier molecular flexibility index (Phi) is 3.97. The quantitative estimate of drug-likeness (QED) is 0.905. The molecule has 0 aliphatic rings. The zero-order chi connectivity index (χ0) is 13.1. The van der Waals surface area contributed by atoms with Gasteiger partial charge in [-0.3, -0.25) is 4.98 Å². The molecule has 1 atom stereocenters. The summed E-state index contributed by atoms with van der Waals surface area (Å²) in [5, 5.41) is 3.35. The van der Waals surface area contributed by atoms with Crippen molar-refractivity contribution in [2.45, 2.75) is 19.9 Å². The molecule has 2 nitrogen and oxygen atoms in total. The third kappa shape index (κ3) is 2.88. The highest BCUT2D eigenvalue weighted by atomic mass is 79.9. The fourth-order valence-corrected chi connectivity index (χ4v) is 2.09. The van der Waals surface area contributed by atoms with Crippen molar-refractivity contribution >= 4 is 21.6 Å². The van der Waals surface area contributed by atoms with E-state index in [-0.39, 0.29) is 11.9 Å². The molecule has 0 amide bonds. The van der Waals surface area contributed by atoms with Gasteiger partial charge in [-0.25, -0.2) is 4.39 Å². The Labute approximate surface area is 114 Å². The predicted octanol–water partition coefficient (Wildman–Crippen LogP) is 4.46. The zero-order valence-electron chi connectivity index (χ0n) is 10.2. The molecule has 1 heterocycles. The molecule has 0 saturated carbocycles. The number of hydrogen-bond donors (Lipinski definition) is 1. The summed E-state index contributed by atoms with van der Waals surface area (Å²) in [7, 11) is 0. The fraction of sp³-hybridized carbons (Fsp3) is 0.214. The summed E-state index contributed by atoms with van der Waals surface area (Å²) >= 11 is 3.55. The number of aromatic nitrogens is 1. The number of hydrogen-bond acceptors (Lipinski definition) is 2. The Hall–Kier alpha value is -1.42. The van der Waals surface area contributed by atoms with E-state index in [1.54, 1.807) is 6.07 Å². The van der Waals surface area contributed by atoms with Crippen molar-refractivity contribution in [3.05, 3.63) is 58.1 Å². The molecule has 18 heavy (non-hydrogen) atoms. The van der Waals surface area contributed by atoms with Gasteiger partial charge < -0.3 is 5.32 Å². The summed E-state index contributed by atoms with van der Waals surface area (Å²) in [5.74, 6) is -0.317. The molecule has 1 unspecified atom stereocenters. The van der Waals surface area contributed by atoms with Crippen LogP contribution < -0.4 is 5.32 Å². The van der Waals surface area contributed by atoms with Gasteiger partial charge >= 0.3 is 0 Å². The van der Waals surface area contributed by atoms with Crippen LogP contribution in [0.25, 0.3) is 0 Å². The highest BCUT2D eigenvalue weighted by molar-refractivity contribution is 9.10. The van der Waals surface area contributed by atoms with Crippen LogP contribution in [0.15, 0.2) is 41.0 Å². The van der Waals surface area contributed by atoms with Crippen LogP contribution in [0.2, 0.25) is 0 Å². The lowest BCUT2D eigenvalue weighted by molar-refractivity contribution is 0.617. The van der Waals surface area contributed by atoms with Crippen molar-refractivity contribution in [3.8, 4) is 0 Å². The zero-order valence-corrected chi connectivity index (χ0v) is 11.8. The van der Waals surface area contributed by atoms with Crippen LogP contribution in [0.3, 0.4) is 0 Å². The first-order valence-corrected chi connectivity index (χ1v) is 6.50. The third-order valence-electron chi connectivity index (χ3n) is 2.76. The second-order valence-corrected chi connectivity index (χ2v) is 5.00. The van der Waals surface area contributed by atoms with E-state index in [1.807, 2.05) is 32.0 Å². The largest absolute Gasteiger partial charge is 0.376 e. The maximum absolute atomic E-state index is 12.8. The lowest BCUT2D eigenvalue weighted by Crippen LogP contribution is -2.09. The van der Waals surface area contributed by atoms with Crippen LogP contribution in [-0.2, 0) is 0 Å². The minimum absolute atomic E-state index is 0.0173. The van der Waals surface area contributed by atoms with E-state index >= 15 is 0 Å². The highest BCUT2D eigenvalue weighted by Crippen LogP contribution is 2.28. The molecule has 0 fully saturated rings. The number of rotatable bonds is 3. The van der Waals surface area contributed by atoms with Gasteiger partial charge in [0.05, 0.1) is 17.9 Å². The fourth-order valence-electron chi connectivity index (χ4n) is 1.71. The van der Waals surface area contributed by atoms with Gasteiger partial charge in [-0.05, 0) is 53.5 Å². The summed E-state index contributed by atoms with van der Waals surface area (Å²) in [6, 6.07) is 9.16. The van der Waals surface area contributed by atoms with Crippen molar-refractivity contribution in [3.63, 3.8) is 0 Å². The van der Waals surface area contributed by atoms with E-state index in [2.05, 4.69) is 26.2 Å². The second kappa shape index (κ2) is 5.48. The summed E-state index contributed by atoms with van der Waals surface area (Å²) in [4.78, 5) is 4.07. The van der Waals surface area contributed by atoms with Gasteiger partial charge in [-0.2, -0.15) is 0 Å². The summed E-state index contributed by atoms with van der Waals surface area (Å²) in [5.41, 5.74) is 2.98. The molecule has 0 aliphatic carbocycles. The van der Waals surface area contributed by atoms with Gasteiger partial charge in [0.25, 0.3) is 0 Å². The van der Waals surface area contributed by atoms with Crippen molar-refractivity contribution in [2.75, 3.05) is 5.32 Å². The molecule has 0 bridgehead atoms. The highest BCUT2D eigenvalue weighted by Gasteiger charge is 2.09. The average Bonchev–Trinajstić information content (AvgIpc) is 2.36. The van der Waals surface area contributed by atoms with Crippen LogP contribution in [0.1, 0.15) is 24.2 Å². The van der Waals surface area contributed by atoms with E-state index in [4.69, 9.17) is 0 Å². The minimum atomic E-state index is -0.317. The first-order valence-electron chi connectivity index (χ1n) is 5.71. The van der Waals surface area contributed by atoms with Gasteiger partial charge in [0, 0.05) is 10.2 Å². The molecule has 0 aliphatic heterocycles. The van der Waals surface area contributed by atoms with E-state index in [1.165, 1.54) is 17.8 Å². The van der Waals surface area contributed by atoms with Crippen LogP contribution in [0.5, 0.6) is 0 Å². The van der Waals surface area contributed by atoms with Crippen molar-refractivity contribution < 1.29 is 4.39 Å². The summed E-state index contributed by atoms with van der Waals surface area (Å²) in [6.07, 6.45) is 1.23.